The van der Waals surface area contributed by atoms with Crippen LogP contribution in [0, 0.1) is 0 Å². The van der Waals surface area contributed by atoms with Crippen molar-refractivity contribution in [3.05, 3.63) is 48.2 Å². The van der Waals surface area contributed by atoms with Gasteiger partial charge in [-0.15, -0.1) is 0 Å². The average molecular weight is 405 g/mol. The first-order valence-corrected chi connectivity index (χ1v) is 10.7. The van der Waals surface area contributed by atoms with Gasteiger partial charge in [0.25, 0.3) is 5.91 Å². The number of carbonyl (C=O) groups is 1. The van der Waals surface area contributed by atoms with Gasteiger partial charge < -0.3 is 10.2 Å². The highest BCUT2D eigenvalue weighted by Gasteiger charge is 2.23. The van der Waals surface area contributed by atoms with Crippen LogP contribution in [0.4, 0.5) is 11.5 Å². The molecule has 0 fully saturated rings. The molecule has 2 rings (SSSR count). The van der Waals surface area contributed by atoms with Crippen molar-refractivity contribution in [1.82, 2.24) is 9.29 Å². The molecule has 152 valence electrons. The van der Waals surface area contributed by atoms with E-state index < -0.39 is 10.0 Å². The van der Waals surface area contributed by atoms with E-state index in [-0.39, 0.29) is 16.8 Å². The van der Waals surface area contributed by atoms with Crippen molar-refractivity contribution in [3.63, 3.8) is 0 Å². The molecular weight excluding hydrogens is 376 g/mol. The Morgan fingerprint density at radius 2 is 1.68 bits per heavy atom. The van der Waals surface area contributed by atoms with Gasteiger partial charge in [-0.25, -0.2) is 13.4 Å². The number of amides is 1. The molecule has 0 radical (unpaired) electrons. The maximum Gasteiger partial charge on any atom is 0.255 e. The summed E-state index contributed by atoms with van der Waals surface area (Å²) in [5, 5.41) is 2.78. The predicted octanol–water partition coefficient (Wildman–Crippen LogP) is 3.21. The van der Waals surface area contributed by atoms with Crippen LogP contribution in [0.2, 0.25) is 0 Å². The summed E-state index contributed by atoms with van der Waals surface area (Å²) in [5.74, 6) is 0.533. The van der Waals surface area contributed by atoms with Crippen molar-refractivity contribution in [2.75, 3.05) is 30.4 Å². The van der Waals surface area contributed by atoms with Gasteiger partial charge in [-0.3, -0.25) is 4.79 Å². The summed E-state index contributed by atoms with van der Waals surface area (Å²) >= 11 is 0. The number of nitrogens with one attached hydrogen (secondary N) is 1. The summed E-state index contributed by atoms with van der Waals surface area (Å²) in [5.41, 5.74) is 0.955. The van der Waals surface area contributed by atoms with Gasteiger partial charge in [0.2, 0.25) is 10.0 Å². The molecule has 28 heavy (non-hydrogen) atoms. The minimum Gasteiger partial charge on any atom is -0.357 e. The second-order valence-corrected chi connectivity index (χ2v) is 8.67. The summed E-state index contributed by atoms with van der Waals surface area (Å²) in [7, 11) is -2.03. The third-order valence-corrected chi connectivity index (χ3v) is 6.66. The van der Waals surface area contributed by atoms with E-state index in [0.717, 1.165) is 18.9 Å². The first-order valence-electron chi connectivity index (χ1n) is 9.31. The minimum atomic E-state index is -3.57. The van der Waals surface area contributed by atoms with Crippen LogP contribution in [-0.4, -0.2) is 49.8 Å². The maximum absolute atomic E-state index is 12.5. The number of benzene rings is 1. The largest absolute Gasteiger partial charge is 0.357 e. The molecule has 8 heteroatoms. The second-order valence-electron chi connectivity index (χ2n) is 6.67. The number of carbonyl (C=O) groups excluding carboxylic acids is 1. The van der Waals surface area contributed by atoms with Crippen molar-refractivity contribution in [2.24, 2.45) is 0 Å². The van der Waals surface area contributed by atoms with E-state index in [0.29, 0.717) is 11.3 Å². The summed E-state index contributed by atoms with van der Waals surface area (Å²) in [6.45, 7) is 9.44. The van der Waals surface area contributed by atoms with E-state index >= 15 is 0 Å². The summed E-state index contributed by atoms with van der Waals surface area (Å²) < 4.78 is 26.3. The van der Waals surface area contributed by atoms with Gasteiger partial charge in [-0.1, -0.05) is 0 Å². The molecule has 2 aromatic rings. The molecule has 1 aromatic carbocycles. The maximum atomic E-state index is 12.5. The Morgan fingerprint density at radius 3 is 2.14 bits per heavy atom. The lowest BCUT2D eigenvalue weighted by Crippen LogP contribution is -2.33. The van der Waals surface area contributed by atoms with Gasteiger partial charge >= 0.3 is 0 Å². The number of nitrogens with zero attached hydrogens (tertiary/aromatic N) is 3. The third kappa shape index (κ3) is 4.88. The van der Waals surface area contributed by atoms with E-state index in [1.807, 2.05) is 6.07 Å². The molecule has 1 amide bonds. The third-order valence-electron chi connectivity index (χ3n) is 4.61. The fourth-order valence-electron chi connectivity index (χ4n) is 2.62. The summed E-state index contributed by atoms with van der Waals surface area (Å²) in [6, 6.07) is 9.42. The van der Waals surface area contributed by atoms with Gasteiger partial charge in [0.15, 0.2) is 0 Å². The van der Waals surface area contributed by atoms with Crippen LogP contribution >= 0.6 is 0 Å². The second kappa shape index (κ2) is 9.16. The smallest absolute Gasteiger partial charge is 0.255 e. The minimum absolute atomic E-state index is 0.153. The Kier molecular flexibility index (Phi) is 7.15. The fraction of sp³-hybridized carbons (Fsp3) is 0.400. The molecule has 0 aliphatic heterocycles. The Bertz CT molecular complexity index is 890. The SMILES string of the molecule is CCN(CC)c1ccc(NC(=O)c2ccc(S(=O)(=O)N(C)C(C)C)cc2)cn1. The Morgan fingerprint density at radius 1 is 1.07 bits per heavy atom. The van der Waals surface area contributed by atoms with Crippen molar-refractivity contribution in [3.8, 4) is 0 Å². The predicted molar refractivity (Wildman–Crippen MR) is 112 cm³/mol. The number of rotatable bonds is 8. The highest BCUT2D eigenvalue weighted by molar-refractivity contribution is 7.89. The van der Waals surface area contributed by atoms with E-state index in [1.165, 1.54) is 35.6 Å². The number of anilines is 2. The molecule has 1 heterocycles. The molecule has 1 aromatic heterocycles. The molecule has 0 unspecified atom stereocenters. The van der Waals surface area contributed by atoms with Gasteiger partial charge in [0.1, 0.15) is 5.82 Å². The topological polar surface area (TPSA) is 82.6 Å². The van der Waals surface area contributed by atoms with Crippen molar-refractivity contribution < 1.29 is 13.2 Å². The van der Waals surface area contributed by atoms with Crippen LogP contribution in [0.15, 0.2) is 47.5 Å². The zero-order valence-corrected chi connectivity index (χ0v) is 17.8. The first-order chi connectivity index (χ1) is 13.2. The van der Waals surface area contributed by atoms with E-state index in [1.54, 1.807) is 26.1 Å². The molecule has 0 spiro atoms. The summed E-state index contributed by atoms with van der Waals surface area (Å²) in [6.07, 6.45) is 1.61. The van der Waals surface area contributed by atoms with Crippen LogP contribution in [-0.2, 0) is 10.0 Å². The standard InChI is InChI=1S/C20H28N4O3S/c1-6-24(7-2)19-13-10-17(14-21-19)22-20(25)16-8-11-18(12-9-16)28(26,27)23(5)15(3)4/h8-15H,6-7H2,1-5H3,(H,22,25). The van der Waals surface area contributed by atoms with Gasteiger partial charge in [0, 0.05) is 31.7 Å². The fourth-order valence-corrected chi connectivity index (χ4v) is 3.99. The number of sulfonamides is 1. The van der Waals surface area contributed by atoms with Crippen molar-refractivity contribution >= 4 is 27.4 Å². The summed E-state index contributed by atoms with van der Waals surface area (Å²) in [4.78, 5) is 19.1. The van der Waals surface area contributed by atoms with Crippen molar-refractivity contribution in [1.29, 1.82) is 0 Å². The lowest BCUT2D eigenvalue weighted by atomic mass is 10.2. The van der Waals surface area contributed by atoms with Crippen LogP contribution in [0.3, 0.4) is 0 Å². The Labute approximate surface area is 167 Å². The van der Waals surface area contributed by atoms with Gasteiger partial charge in [0.05, 0.1) is 16.8 Å². The molecular formula is C20H28N4O3S. The lowest BCUT2D eigenvalue weighted by Gasteiger charge is -2.21. The number of hydrogen-bond acceptors (Lipinski definition) is 5. The molecule has 0 aliphatic carbocycles. The molecule has 0 saturated heterocycles. The van der Waals surface area contributed by atoms with Gasteiger partial charge in [-0.05, 0) is 64.1 Å². The van der Waals surface area contributed by atoms with Crippen molar-refractivity contribution in [2.45, 2.75) is 38.6 Å². The highest BCUT2D eigenvalue weighted by atomic mass is 32.2. The molecule has 0 bridgehead atoms. The van der Waals surface area contributed by atoms with Gasteiger partial charge in [-0.2, -0.15) is 4.31 Å². The van der Waals surface area contributed by atoms with Crippen LogP contribution < -0.4 is 10.2 Å². The van der Waals surface area contributed by atoms with E-state index in [9.17, 15) is 13.2 Å². The first kappa shape index (κ1) is 21.8. The molecule has 1 N–H and O–H groups in total. The van der Waals surface area contributed by atoms with Crippen LogP contribution in [0.5, 0.6) is 0 Å². The molecule has 0 saturated carbocycles. The molecule has 0 aliphatic rings. The van der Waals surface area contributed by atoms with E-state index in [4.69, 9.17) is 0 Å². The average Bonchev–Trinajstić information content (AvgIpc) is 2.69. The van der Waals surface area contributed by atoms with Crippen LogP contribution in [0.1, 0.15) is 38.1 Å². The van der Waals surface area contributed by atoms with E-state index in [2.05, 4.69) is 29.0 Å². The Balaban J connectivity index is 2.11. The molecule has 7 nitrogen and oxygen atoms in total. The highest BCUT2D eigenvalue weighted by Crippen LogP contribution is 2.18. The molecule has 0 atom stereocenters. The number of aromatic nitrogens is 1. The zero-order chi connectivity index (χ0) is 20.9. The lowest BCUT2D eigenvalue weighted by molar-refractivity contribution is 0.102. The monoisotopic (exact) mass is 404 g/mol. The number of hydrogen-bond donors (Lipinski definition) is 1. The zero-order valence-electron chi connectivity index (χ0n) is 17.0. The number of pyridine rings is 1. The quantitative estimate of drug-likeness (QED) is 0.730. The Hall–Kier alpha value is -2.45. The normalized spacial score (nSPS) is 11.7. The van der Waals surface area contributed by atoms with Crippen LogP contribution in [0.25, 0.3) is 0 Å².